The molecule has 0 saturated carbocycles. The predicted octanol–water partition coefficient (Wildman–Crippen LogP) is 1.46. The van der Waals surface area contributed by atoms with E-state index in [9.17, 15) is 4.79 Å². The van der Waals surface area contributed by atoms with Crippen LogP contribution in [0.15, 0.2) is 23.0 Å². The lowest BCUT2D eigenvalue weighted by Gasteiger charge is -2.06. The second kappa shape index (κ2) is 4.37. The Bertz CT molecular complexity index is 605. The van der Waals surface area contributed by atoms with Gasteiger partial charge in [-0.25, -0.2) is 4.79 Å². The molecule has 1 aromatic heterocycles. The molecule has 88 valence electrons. The van der Waals surface area contributed by atoms with Crippen LogP contribution >= 0.6 is 0 Å². The van der Waals surface area contributed by atoms with Crippen molar-refractivity contribution in [3.63, 3.8) is 0 Å². The van der Waals surface area contributed by atoms with E-state index in [0.29, 0.717) is 5.82 Å². The molecule has 2 aromatic rings. The van der Waals surface area contributed by atoms with Gasteiger partial charge in [-0.1, -0.05) is 17.7 Å². The van der Waals surface area contributed by atoms with E-state index in [1.807, 2.05) is 32.0 Å². The molecule has 1 N–H and O–H groups in total. The maximum absolute atomic E-state index is 11.4. The largest absolute Gasteiger partial charge is 0.467 e. The van der Waals surface area contributed by atoms with Crippen molar-refractivity contribution in [2.75, 3.05) is 7.11 Å². The Morgan fingerprint density at radius 1 is 1.24 bits per heavy atom. The number of benzene rings is 1. The third kappa shape index (κ3) is 2.33. The maximum Gasteiger partial charge on any atom is 0.351 e. The molecule has 5 heteroatoms. The topological polar surface area (TPSA) is 67.9 Å². The number of hydrogen-bond acceptors (Lipinski definition) is 4. The van der Waals surface area contributed by atoms with Crippen LogP contribution in [0, 0.1) is 13.8 Å². The Hall–Kier alpha value is -2.17. The number of aromatic amines is 1. The van der Waals surface area contributed by atoms with Crippen molar-refractivity contribution in [3.05, 3.63) is 39.8 Å². The summed E-state index contributed by atoms with van der Waals surface area (Å²) in [7, 11) is 1.43. The average Bonchev–Trinajstić information content (AvgIpc) is 2.31. The molecule has 0 fully saturated rings. The van der Waals surface area contributed by atoms with E-state index in [1.54, 1.807) is 0 Å². The van der Waals surface area contributed by atoms with Gasteiger partial charge < -0.3 is 4.74 Å². The highest BCUT2D eigenvalue weighted by atomic mass is 16.5. The van der Waals surface area contributed by atoms with Gasteiger partial charge in [0.2, 0.25) is 0 Å². The number of nitrogens with one attached hydrogen (secondary N) is 1. The molecule has 0 spiro atoms. The van der Waals surface area contributed by atoms with Crippen molar-refractivity contribution in [2.45, 2.75) is 13.8 Å². The highest BCUT2D eigenvalue weighted by Gasteiger charge is 2.08. The van der Waals surface area contributed by atoms with E-state index in [0.717, 1.165) is 16.7 Å². The number of aryl methyl sites for hydroxylation is 2. The molecule has 1 aromatic carbocycles. The van der Waals surface area contributed by atoms with E-state index in [1.165, 1.54) is 7.11 Å². The Labute approximate surface area is 98.5 Å². The summed E-state index contributed by atoms with van der Waals surface area (Å²) in [4.78, 5) is 21.7. The predicted molar refractivity (Wildman–Crippen MR) is 64.1 cm³/mol. The quantitative estimate of drug-likeness (QED) is 0.849. The van der Waals surface area contributed by atoms with Crippen LogP contribution in [0.5, 0.6) is 6.01 Å². The second-order valence-corrected chi connectivity index (χ2v) is 3.81. The Balaban J connectivity index is 2.63. The minimum atomic E-state index is -0.465. The molecule has 0 radical (unpaired) electrons. The molecule has 0 atom stereocenters. The molecule has 0 aliphatic heterocycles. The lowest BCUT2D eigenvalue weighted by atomic mass is 10.1. The van der Waals surface area contributed by atoms with E-state index in [2.05, 4.69) is 15.0 Å². The lowest BCUT2D eigenvalue weighted by molar-refractivity contribution is 0.377. The number of aromatic nitrogens is 3. The van der Waals surface area contributed by atoms with Crippen LogP contribution < -0.4 is 10.4 Å². The zero-order valence-corrected chi connectivity index (χ0v) is 9.94. The van der Waals surface area contributed by atoms with Crippen molar-refractivity contribution in [1.29, 1.82) is 0 Å². The Morgan fingerprint density at radius 3 is 2.71 bits per heavy atom. The van der Waals surface area contributed by atoms with Crippen LogP contribution in [0.2, 0.25) is 0 Å². The summed E-state index contributed by atoms with van der Waals surface area (Å²) < 4.78 is 4.89. The first kappa shape index (κ1) is 11.3. The van der Waals surface area contributed by atoms with Crippen molar-refractivity contribution >= 4 is 0 Å². The number of hydrogen-bond donors (Lipinski definition) is 1. The van der Waals surface area contributed by atoms with Crippen LogP contribution in [0.4, 0.5) is 0 Å². The molecule has 1 heterocycles. The first-order chi connectivity index (χ1) is 8.10. The summed E-state index contributed by atoms with van der Waals surface area (Å²) in [5.41, 5.74) is 2.55. The summed E-state index contributed by atoms with van der Waals surface area (Å²) in [5, 5.41) is 0. The molecule has 5 nitrogen and oxygen atoms in total. The second-order valence-electron chi connectivity index (χ2n) is 3.81. The van der Waals surface area contributed by atoms with Gasteiger partial charge in [0.25, 0.3) is 0 Å². The van der Waals surface area contributed by atoms with Crippen LogP contribution in [0.3, 0.4) is 0 Å². The van der Waals surface area contributed by atoms with Gasteiger partial charge in [0, 0.05) is 5.56 Å². The minimum Gasteiger partial charge on any atom is -0.467 e. The van der Waals surface area contributed by atoms with Gasteiger partial charge in [0.05, 0.1) is 7.11 Å². The fourth-order valence-electron chi connectivity index (χ4n) is 1.57. The van der Waals surface area contributed by atoms with Gasteiger partial charge in [-0.3, -0.25) is 4.98 Å². The first-order valence-corrected chi connectivity index (χ1v) is 5.20. The molecule has 17 heavy (non-hydrogen) atoms. The fraction of sp³-hybridized carbons (Fsp3) is 0.250. The van der Waals surface area contributed by atoms with E-state index in [-0.39, 0.29) is 6.01 Å². The number of methoxy groups -OCH3 is 1. The Kier molecular flexibility index (Phi) is 2.91. The lowest BCUT2D eigenvalue weighted by Crippen LogP contribution is -2.14. The third-order valence-corrected chi connectivity index (χ3v) is 2.46. The van der Waals surface area contributed by atoms with Crippen LogP contribution in [-0.4, -0.2) is 22.1 Å². The molecule has 2 rings (SSSR count). The van der Waals surface area contributed by atoms with Gasteiger partial charge >= 0.3 is 11.7 Å². The maximum atomic E-state index is 11.4. The van der Waals surface area contributed by atoms with Crippen molar-refractivity contribution in [2.24, 2.45) is 0 Å². The van der Waals surface area contributed by atoms with Gasteiger partial charge in [-0.15, -0.1) is 4.98 Å². The smallest absolute Gasteiger partial charge is 0.351 e. The van der Waals surface area contributed by atoms with Gasteiger partial charge in [-0.05, 0) is 25.5 Å². The SMILES string of the molecule is COc1nc(-c2cc(C)ccc2C)[nH]c(=O)n1. The number of nitrogens with zero attached hydrogens (tertiary/aromatic N) is 2. The molecule has 0 bridgehead atoms. The summed E-state index contributed by atoms with van der Waals surface area (Å²) in [6.45, 7) is 3.95. The van der Waals surface area contributed by atoms with Crippen molar-refractivity contribution in [3.8, 4) is 17.4 Å². The zero-order chi connectivity index (χ0) is 12.4. The standard InChI is InChI=1S/C12H13N3O2/c1-7-4-5-8(2)9(6-7)10-13-11(16)15-12(14-10)17-3/h4-6H,1-3H3,(H,13,14,15,16). The Morgan fingerprint density at radius 2 is 2.00 bits per heavy atom. The molecule has 0 unspecified atom stereocenters. The van der Waals surface area contributed by atoms with Crippen LogP contribution in [0.1, 0.15) is 11.1 Å². The normalized spacial score (nSPS) is 10.3. The monoisotopic (exact) mass is 231 g/mol. The van der Waals surface area contributed by atoms with Crippen LogP contribution in [-0.2, 0) is 0 Å². The first-order valence-electron chi connectivity index (χ1n) is 5.20. The molecule has 0 saturated heterocycles. The van der Waals surface area contributed by atoms with Crippen LogP contribution in [0.25, 0.3) is 11.4 Å². The fourth-order valence-corrected chi connectivity index (χ4v) is 1.57. The van der Waals surface area contributed by atoms with Crippen molar-refractivity contribution < 1.29 is 4.74 Å². The van der Waals surface area contributed by atoms with E-state index >= 15 is 0 Å². The molecular formula is C12H13N3O2. The highest BCUT2D eigenvalue weighted by molar-refractivity contribution is 5.60. The van der Waals surface area contributed by atoms with Gasteiger partial charge in [0.15, 0.2) is 0 Å². The number of rotatable bonds is 2. The van der Waals surface area contributed by atoms with Gasteiger partial charge in [0.1, 0.15) is 5.82 Å². The number of H-pyrrole nitrogens is 1. The highest BCUT2D eigenvalue weighted by Crippen LogP contribution is 2.20. The van der Waals surface area contributed by atoms with E-state index in [4.69, 9.17) is 4.74 Å². The molecule has 0 aliphatic carbocycles. The van der Waals surface area contributed by atoms with E-state index < -0.39 is 5.69 Å². The zero-order valence-electron chi connectivity index (χ0n) is 9.94. The number of ether oxygens (including phenoxy) is 1. The van der Waals surface area contributed by atoms with Gasteiger partial charge in [-0.2, -0.15) is 4.98 Å². The summed E-state index contributed by atoms with van der Waals surface area (Å²) in [5.74, 6) is 0.475. The molecule has 0 aliphatic rings. The molecule has 0 amide bonds. The third-order valence-electron chi connectivity index (χ3n) is 2.46. The summed E-state index contributed by atoms with van der Waals surface area (Å²) in [6, 6.07) is 6.03. The minimum absolute atomic E-state index is 0.0738. The summed E-state index contributed by atoms with van der Waals surface area (Å²) in [6.07, 6.45) is 0. The summed E-state index contributed by atoms with van der Waals surface area (Å²) >= 11 is 0. The average molecular weight is 231 g/mol. The van der Waals surface area contributed by atoms with Crippen molar-refractivity contribution in [1.82, 2.24) is 15.0 Å². The molecular weight excluding hydrogens is 218 g/mol.